The summed E-state index contributed by atoms with van der Waals surface area (Å²) in [6, 6.07) is 1.35. The van der Waals surface area contributed by atoms with Crippen LogP contribution in [0.15, 0.2) is 16.7 Å². The average Bonchev–Trinajstić information content (AvgIpc) is 2.31. The standard InChI is InChI=1S/C11H14BrFN2O2/c1-3-15(5-4-10(16)17-2)11-9(13)6-8(12)7-14-11/h6-7H,3-5H2,1-2H3. The Morgan fingerprint density at radius 1 is 1.65 bits per heavy atom. The topological polar surface area (TPSA) is 42.4 Å². The van der Waals surface area contributed by atoms with Gasteiger partial charge in [-0.3, -0.25) is 4.79 Å². The summed E-state index contributed by atoms with van der Waals surface area (Å²) in [5.41, 5.74) is 0. The SMILES string of the molecule is CCN(CCC(=O)OC)c1ncc(Br)cc1F. The molecule has 0 atom stereocenters. The molecule has 0 saturated heterocycles. The van der Waals surface area contributed by atoms with Crippen LogP contribution in [-0.4, -0.2) is 31.2 Å². The summed E-state index contributed by atoms with van der Waals surface area (Å²) in [7, 11) is 1.33. The number of esters is 1. The van der Waals surface area contributed by atoms with Gasteiger partial charge in [0.15, 0.2) is 11.6 Å². The van der Waals surface area contributed by atoms with Gasteiger partial charge < -0.3 is 9.64 Å². The molecule has 0 aliphatic heterocycles. The first-order chi connectivity index (χ1) is 8.08. The minimum atomic E-state index is -0.411. The molecule has 0 aromatic carbocycles. The van der Waals surface area contributed by atoms with E-state index in [1.807, 2.05) is 6.92 Å². The van der Waals surface area contributed by atoms with E-state index in [1.54, 1.807) is 4.90 Å². The van der Waals surface area contributed by atoms with Crippen molar-refractivity contribution < 1.29 is 13.9 Å². The number of anilines is 1. The van der Waals surface area contributed by atoms with Gasteiger partial charge in [0.1, 0.15) is 0 Å². The quantitative estimate of drug-likeness (QED) is 0.783. The lowest BCUT2D eigenvalue weighted by Crippen LogP contribution is -2.27. The van der Waals surface area contributed by atoms with Gasteiger partial charge in [0.25, 0.3) is 0 Å². The molecule has 0 amide bonds. The van der Waals surface area contributed by atoms with E-state index in [9.17, 15) is 9.18 Å². The number of hydrogen-bond acceptors (Lipinski definition) is 4. The molecular weight excluding hydrogens is 291 g/mol. The van der Waals surface area contributed by atoms with Crippen molar-refractivity contribution in [3.05, 3.63) is 22.6 Å². The smallest absolute Gasteiger partial charge is 0.307 e. The molecule has 0 unspecified atom stereocenters. The number of pyridine rings is 1. The molecule has 0 N–H and O–H groups in total. The molecular formula is C11H14BrFN2O2. The molecule has 6 heteroatoms. The normalized spacial score (nSPS) is 10.1. The number of carbonyl (C=O) groups excluding carboxylic acids is 1. The van der Waals surface area contributed by atoms with Gasteiger partial charge >= 0.3 is 5.97 Å². The lowest BCUT2D eigenvalue weighted by atomic mass is 10.3. The first-order valence-electron chi connectivity index (χ1n) is 5.21. The first kappa shape index (κ1) is 13.9. The highest BCUT2D eigenvalue weighted by Crippen LogP contribution is 2.19. The van der Waals surface area contributed by atoms with Gasteiger partial charge in [0, 0.05) is 23.8 Å². The van der Waals surface area contributed by atoms with E-state index in [2.05, 4.69) is 25.7 Å². The van der Waals surface area contributed by atoms with Crippen molar-refractivity contribution in [3.63, 3.8) is 0 Å². The van der Waals surface area contributed by atoms with Gasteiger partial charge in [-0.2, -0.15) is 0 Å². The van der Waals surface area contributed by atoms with Crippen LogP contribution in [0.2, 0.25) is 0 Å². The van der Waals surface area contributed by atoms with Crippen LogP contribution in [0, 0.1) is 5.82 Å². The fraction of sp³-hybridized carbons (Fsp3) is 0.455. The monoisotopic (exact) mass is 304 g/mol. The molecule has 1 aromatic heterocycles. The Labute approximate surface area is 108 Å². The summed E-state index contributed by atoms with van der Waals surface area (Å²) in [5.74, 6) is -0.480. The molecule has 1 aromatic rings. The van der Waals surface area contributed by atoms with Crippen LogP contribution in [0.5, 0.6) is 0 Å². The van der Waals surface area contributed by atoms with Crippen molar-refractivity contribution in [3.8, 4) is 0 Å². The lowest BCUT2D eigenvalue weighted by Gasteiger charge is -2.21. The Morgan fingerprint density at radius 2 is 2.35 bits per heavy atom. The molecule has 0 fully saturated rings. The molecule has 17 heavy (non-hydrogen) atoms. The zero-order chi connectivity index (χ0) is 12.8. The minimum absolute atomic E-state index is 0.210. The Morgan fingerprint density at radius 3 is 2.88 bits per heavy atom. The van der Waals surface area contributed by atoms with Crippen LogP contribution in [0.1, 0.15) is 13.3 Å². The summed E-state index contributed by atoms with van der Waals surface area (Å²) in [5, 5.41) is 0. The fourth-order valence-corrected chi connectivity index (χ4v) is 1.69. The Kier molecular flexibility index (Phi) is 5.34. The maximum absolute atomic E-state index is 13.6. The van der Waals surface area contributed by atoms with E-state index in [1.165, 1.54) is 19.4 Å². The third-order valence-electron chi connectivity index (χ3n) is 2.28. The van der Waals surface area contributed by atoms with Crippen LogP contribution in [0.3, 0.4) is 0 Å². The van der Waals surface area contributed by atoms with Gasteiger partial charge in [0.2, 0.25) is 0 Å². The Hall–Kier alpha value is -1.17. The van der Waals surface area contributed by atoms with Crippen molar-refractivity contribution in [2.75, 3.05) is 25.1 Å². The highest BCUT2D eigenvalue weighted by Gasteiger charge is 2.13. The van der Waals surface area contributed by atoms with Gasteiger partial charge in [-0.25, -0.2) is 9.37 Å². The number of halogens is 2. The van der Waals surface area contributed by atoms with Crippen molar-refractivity contribution in [1.29, 1.82) is 0 Å². The second kappa shape index (κ2) is 6.54. The number of aromatic nitrogens is 1. The van der Waals surface area contributed by atoms with E-state index in [0.29, 0.717) is 17.6 Å². The molecule has 1 heterocycles. The van der Waals surface area contributed by atoms with E-state index >= 15 is 0 Å². The predicted molar refractivity (Wildman–Crippen MR) is 66.4 cm³/mol. The fourth-order valence-electron chi connectivity index (χ4n) is 1.38. The van der Waals surface area contributed by atoms with Crippen molar-refractivity contribution >= 4 is 27.7 Å². The third kappa shape index (κ3) is 3.96. The molecule has 4 nitrogen and oxygen atoms in total. The van der Waals surface area contributed by atoms with Crippen LogP contribution in [-0.2, 0) is 9.53 Å². The zero-order valence-electron chi connectivity index (χ0n) is 9.74. The average molecular weight is 305 g/mol. The second-order valence-electron chi connectivity index (χ2n) is 3.36. The molecule has 0 radical (unpaired) electrons. The number of nitrogens with zero attached hydrogens (tertiary/aromatic N) is 2. The number of carbonyl (C=O) groups is 1. The highest BCUT2D eigenvalue weighted by molar-refractivity contribution is 9.10. The summed E-state index contributed by atoms with van der Waals surface area (Å²) in [6.45, 7) is 2.83. The summed E-state index contributed by atoms with van der Waals surface area (Å²) < 4.78 is 18.8. The number of ether oxygens (including phenoxy) is 1. The zero-order valence-corrected chi connectivity index (χ0v) is 11.3. The van der Waals surface area contributed by atoms with E-state index in [0.717, 1.165) is 0 Å². The van der Waals surface area contributed by atoms with Gasteiger partial charge in [-0.1, -0.05) is 0 Å². The molecule has 0 aliphatic carbocycles. The minimum Gasteiger partial charge on any atom is -0.469 e. The van der Waals surface area contributed by atoms with E-state index in [-0.39, 0.29) is 18.2 Å². The first-order valence-corrected chi connectivity index (χ1v) is 6.00. The Bertz CT molecular complexity index is 401. The molecule has 0 bridgehead atoms. The van der Waals surface area contributed by atoms with Crippen LogP contribution >= 0.6 is 15.9 Å². The van der Waals surface area contributed by atoms with E-state index in [4.69, 9.17) is 0 Å². The second-order valence-corrected chi connectivity index (χ2v) is 4.28. The van der Waals surface area contributed by atoms with E-state index < -0.39 is 5.82 Å². The van der Waals surface area contributed by atoms with Crippen molar-refractivity contribution in [2.24, 2.45) is 0 Å². The molecule has 0 aliphatic rings. The maximum Gasteiger partial charge on any atom is 0.307 e. The van der Waals surface area contributed by atoms with Crippen LogP contribution < -0.4 is 4.90 Å². The van der Waals surface area contributed by atoms with Gasteiger partial charge in [0.05, 0.1) is 13.5 Å². The van der Waals surface area contributed by atoms with Gasteiger partial charge in [-0.15, -0.1) is 0 Å². The molecule has 94 valence electrons. The maximum atomic E-state index is 13.6. The lowest BCUT2D eigenvalue weighted by molar-refractivity contribution is -0.140. The number of hydrogen-bond donors (Lipinski definition) is 0. The third-order valence-corrected chi connectivity index (χ3v) is 2.72. The molecule has 0 saturated carbocycles. The molecule has 0 spiro atoms. The Balaban J connectivity index is 2.75. The number of methoxy groups -OCH3 is 1. The van der Waals surface area contributed by atoms with Crippen LogP contribution in [0.4, 0.5) is 10.2 Å². The summed E-state index contributed by atoms with van der Waals surface area (Å²) in [4.78, 5) is 16.7. The number of rotatable bonds is 5. The highest BCUT2D eigenvalue weighted by atomic mass is 79.9. The van der Waals surface area contributed by atoms with Crippen molar-refractivity contribution in [2.45, 2.75) is 13.3 Å². The summed E-state index contributed by atoms with van der Waals surface area (Å²) in [6.07, 6.45) is 1.74. The summed E-state index contributed by atoms with van der Waals surface area (Å²) >= 11 is 3.15. The van der Waals surface area contributed by atoms with Crippen molar-refractivity contribution in [1.82, 2.24) is 4.98 Å². The van der Waals surface area contributed by atoms with Crippen LogP contribution in [0.25, 0.3) is 0 Å². The van der Waals surface area contributed by atoms with Gasteiger partial charge in [-0.05, 0) is 28.9 Å². The molecule has 1 rings (SSSR count). The largest absolute Gasteiger partial charge is 0.469 e. The predicted octanol–water partition coefficient (Wildman–Crippen LogP) is 2.37.